The first kappa shape index (κ1) is 14.4. The van der Waals surface area contributed by atoms with Crippen molar-refractivity contribution in [3.63, 3.8) is 0 Å². The average Bonchev–Trinajstić information content (AvgIpc) is 2.83. The zero-order chi connectivity index (χ0) is 14.5. The Balaban J connectivity index is 1.83. The Kier molecular flexibility index (Phi) is 4.61. The Bertz CT molecular complexity index is 513. The molecule has 5 nitrogen and oxygen atoms in total. The standard InChI is InChI=1S/C15H19NO4/c1-10(16-15(18)9-20-11(2)17)7-12-3-4-14-13(8-12)5-6-19-14/h3-4,8,10H,5-7,9H2,1-2H3,(H,16,18)/t10-/m1/s1. The minimum Gasteiger partial charge on any atom is -0.493 e. The van der Waals surface area contributed by atoms with Crippen molar-refractivity contribution in [2.75, 3.05) is 13.2 Å². The van der Waals surface area contributed by atoms with Crippen molar-refractivity contribution in [2.24, 2.45) is 0 Å². The van der Waals surface area contributed by atoms with Gasteiger partial charge < -0.3 is 14.8 Å². The summed E-state index contributed by atoms with van der Waals surface area (Å²) in [7, 11) is 0. The monoisotopic (exact) mass is 277 g/mol. The topological polar surface area (TPSA) is 64.6 Å². The summed E-state index contributed by atoms with van der Waals surface area (Å²) in [5, 5.41) is 2.80. The van der Waals surface area contributed by atoms with Crippen LogP contribution in [-0.2, 0) is 27.2 Å². The number of benzene rings is 1. The van der Waals surface area contributed by atoms with Crippen molar-refractivity contribution in [2.45, 2.75) is 32.7 Å². The highest BCUT2D eigenvalue weighted by molar-refractivity contribution is 5.80. The number of hydrogen-bond acceptors (Lipinski definition) is 4. The first-order chi connectivity index (χ1) is 9.54. The van der Waals surface area contributed by atoms with Gasteiger partial charge in [-0.15, -0.1) is 0 Å². The molecule has 20 heavy (non-hydrogen) atoms. The summed E-state index contributed by atoms with van der Waals surface area (Å²) >= 11 is 0. The molecule has 0 saturated heterocycles. The number of nitrogens with one attached hydrogen (secondary N) is 1. The second-order valence-corrected chi connectivity index (χ2v) is 4.99. The molecule has 0 unspecified atom stereocenters. The highest BCUT2D eigenvalue weighted by atomic mass is 16.5. The molecule has 1 amide bonds. The van der Waals surface area contributed by atoms with Gasteiger partial charge in [0.2, 0.25) is 0 Å². The van der Waals surface area contributed by atoms with Gasteiger partial charge in [-0.2, -0.15) is 0 Å². The third-order valence-corrected chi connectivity index (χ3v) is 3.11. The van der Waals surface area contributed by atoms with Gasteiger partial charge in [0.15, 0.2) is 6.61 Å². The SMILES string of the molecule is CC(=O)OCC(=O)N[C@H](C)Cc1ccc2c(c1)CCO2. The molecule has 0 radical (unpaired) electrons. The van der Waals surface area contributed by atoms with Gasteiger partial charge in [-0.25, -0.2) is 0 Å². The molecule has 0 saturated carbocycles. The van der Waals surface area contributed by atoms with E-state index in [2.05, 4.69) is 16.1 Å². The maximum absolute atomic E-state index is 11.5. The Morgan fingerprint density at radius 3 is 3.00 bits per heavy atom. The van der Waals surface area contributed by atoms with Gasteiger partial charge in [-0.3, -0.25) is 9.59 Å². The van der Waals surface area contributed by atoms with E-state index < -0.39 is 5.97 Å². The lowest BCUT2D eigenvalue weighted by Gasteiger charge is -2.14. The van der Waals surface area contributed by atoms with Crippen molar-refractivity contribution in [1.82, 2.24) is 5.32 Å². The van der Waals surface area contributed by atoms with Crippen LogP contribution in [-0.4, -0.2) is 31.1 Å². The average molecular weight is 277 g/mol. The van der Waals surface area contributed by atoms with Gasteiger partial charge in [0.1, 0.15) is 5.75 Å². The smallest absolute Gasteiger partial charge is 0.303 e. The zero-order valence-electron chi connectivity index (χ0n) is 11.8. The summed E-state index contributed by atoms with van der Waals surface area (Å²) in [5.41, 5.74) is 2.38. The molecular formula is C15H19NO4. The van der Waals surface area contributed by atoms with Crippen molar-refractivity contribution < 1.29 is 19.1 Å². The van der Waals surface area contributed by atoms with Gasteiger partial charge in [0.25, 0.3) is 5.91 Å². The third-order valence-electron chi connectivity index (χ3n) is 3.11. The van der Waals surface area contributed by atoms with Crippen LogP contribution >= 0.6 is 0 Å². The summed E-state index contributed by atoms with van der Waals surface area (Å²) in [4.78, 5) is 22.1. The highest BCUT2D eigenvalue weighted by Crippen LogP contribution is 2.26. The molecule has 1 heterocycles. The van der Waals surface area contributed by atoms with Crippen LogP contribution in [0.25, 0.3) is 0 Å². The Labute approximate surface area is 118 Å². The van der Waals surface area contributed by atoms with Crippen molar-refractivity contribution in [3.05, 3.63) is 29.3 Å². The summed E-state index contributed by atoms with van der Waals surface area (Å²) < 4.78 is 10.1. The van der Waals surface area contributed by atoms with Gasteiger partial charge in [-0.1, -0.05) is 12.1 Å². The van der Waals surface area contributed by atoms with Crippen LogP contribution in [0.3, 0.4) is 0 Å². The number of carbonyl (C=O) groups excluding carboxylic acids is 2. The molecule has 0 spiro atoms. The van der Waals surface area contributed by atoms with E-state index >= 15 is 0 Å². The molecule has 5 heteroatoms. The number of esters is 1. The minimum atomic E-state index is -0.452. The summed E-state index contributed by atoms with van der Waals surface area (Å²) in [6.07, 6.45) is 1.68. The van der Waals surface area contributed by atoms with E-state index in [0.717, 1.165) is 30.8 Å². The fraction of sp³-hybridized carbons (Fsp3) is 0.467. The maximum atomic E-state index is 11.5. The molecule has 2 rings (SSSR count). The molecule has 0 aliphatic carbocycles. The van der Waals surface area contributed by atoms with Gasteiger partial charge in [-0.05, 0) is 30.5 Å². The van der Waals surface area contributed by atoms with Crippen molar-refractivity contribution >= 4 is 11.9 Å². The van der Waals surface area contributed by atoms with E-state index in [1.54, 1.807) is 0 Å². The number of amides is 1. The first-order valence-electron chi connectivity index (χ1n) is 6.72. The molecule has 1 N–H and O–H groups in total. The van der Waals surface area contributed by atoms with E-state index in [4.69, 9.17) is 4.74 Å². The normalized spacial score (nSPS) is 14.1. The molecule has 1 aromatic rings. The van der Waals surface area contributed by atoms with Crippen LogP contribution in [0, 0.1) is 0 Å². The largest absolute Gasteiger partial charge is 0.493 e. The number of hydrogen-bond donors (Lipinski definition) is 1. The number of ether oxygens (including phenoxy) is 2. The second-order valence-electron chi connectivity index (χ2n) is 4.99. The maximum Gasteiger partial charge on any atom is 0.303 e. The van der Waals surface area contributed by atoms with Crippen LogP contribution in [0.2, 0.25) is 0 Å². The molecule has 1 aromatic carbocycles. The lowest BCUT2D eigenvalue weighted by atomic mass is 10.0. The zero-order valence-corrected chi connectivity index (χ0v) is 11.8. The van der Waals surface area contributed by atoms with Crippen LogP contribution in [0.4, 0.5) is 0 Å². The summed E-state index contributed by atoms with van der Waals surface area (Å²) in [6.45, 7) is 3.73. The highest BCUT2D eigenvalue weighted by Gasteiger charge is 2.14. The summed E-state index contributed by atoms with van der Waals surface area (Å²) in [6, 6.07) is 6.10. The molecule has 1 aliphatic rings. The lowest BCUT2D eigenvalue weighted by molar-refractivity contribution is -0.146. The quantitative estimate of drug-likeness (QED) is 0.822. The fourth-order valence-electron chi connectivity index (χ4n) is 2.26. The Morgan fingerprint density at radius 1 is 1.45 bits per heavy atom. The van der Waals surface area contributed by atoms with E-state index in [1.165, 1.54) is 12.5 Å². The van der Waals surface area contributed by atoms with E-state index in [0.29, 0.717) is 0 Å². The molecule has 1 aliphatic heterocycles. The molecule has 0 aromatic heterocycles. The van der Waals surface area contributed by atoms with Gasteiger partial charge in [0.05, 0.1) is 6.61 Å². The molecule has 0 bridgehead atoms. The van der Waals surface area contributed by atoms with Crippen LogP contribution in [0.15, 0.2) is 18.2 Å². The number of rotatable bonds is 5. The molecule has 0 fully saturated rings. The van der Waals surface area contributed by atoms with E-state index in [1.807, 2.05) is 19.1 Å². The van der Waals surface area contributed by atoms with E-state index in [9.17, 15) is 9.59 Å². The Morgan fingerprint density at radius 2 is 2.25 bits per heavy atom. The van der Waals surface area contributed by atoms with Gasteiger partial charge in [0, 0.05) is 19.4 Å². The summed E-state index contributed by atoms with van der Waals surface area (Å²) in [5.74, 6) is 0.226. The Hall–Kier alpha value is -2.04. The van der Waals surface area contributed by atoms with Crippen molar-refractivity contribution in [1.29, 1.82) is 0 Å². The number of carbonyl (C=O) groups is 2. The molecule has 108 valence electrons. The molecule has 1 atom stereocenters. The minimum absolute atomic E-state index is 0.0153. The van der Waals surface area contributed by atoms with Crippen LogP contribution in [0.1, 0.15) is 25.0 Å². The van der Waals surface area contributed by atoms with Crippen LogP contribution in [0.5, 0.6) is 5.75 Å². The predicted octanol–water partition coefficient (Wildman–Crippen LogP) is 1.23. The van der Waals surface area contributed by atoms with E-state index in [-0.39, 0.29) is 18.6 Å². The third kappa shape index (κ3) is 3.98. The van der Waals surface area contributed by atoms with Crippen molar-refractivity contribution in [3.8, 4) is 5.75 Å². The molecular weight excluding hydrogens is 258 g/mol. The lowest BCUT2D eigenvalue weighted by Crippen LogP contribution is -2.36. The first-order valence-corrected chi connectivity index (χ1v) is 6.72. The van der Waals surface area contributed by atoms with Crippen LogP contribution < -0.4 is 10.1 Å². The second kappa shape index (κ2) is 6.41. The number of fused-ring (bicyclic) bond motifs is 1. The fourth-order valence-corrected chi connectivity index (χ4v) is 2.26. The van der Waals surface area contributed by atoms with Gasteiger partial charge >= 0.3 is 5.97 Å². The predicted molar refractivity (Wildman–Crippen MR) is 73.6 cm³/mol.